The molecule has 3 aromatic rings. The van der Waals surface area contributed by atoms with Crippen LogP contribution < -0.4 is 0 Å². The molecule has 0 saturated heterocycles. The molecular weight excluding hydrogens is 282 g/mol. The zero-order chi connectivity index (χ0) is 14.7. The Bertz CT molecular complexity index is 734. The Balaban J connectivity index is 1.73. The minimum absolute atomic E-state index is 0.468. The Kier molecular flexibility index (Phi) is 3.92. The number of nitrogens with zero attached hydrogens (tertiary/aromatic N) is 3. The van der Waals surface area contributed by atoms with Crippen molar-refractivity contribution < 1.29 is 4.21 Å². The van der Waals surface area contributed by atoms with Crippen LogP contribution in [0.3, 0.4) is 0 Å². The van der Waals surface area contributed by atoms with Crippen molar-refractivity contribution in [3.63, 3.8) is 0 Å². The van der Waals surface area contributed by atoms with Crippen LogP contribution in [0.4, 0.5) is 0 Å². The Morgan fingerprint density at radius 1 is 1.14 bits per heavy atom. The lowest BCUT2D eigenvalue weighted by Gasteiger charge is -2.05. The largest absolute Gasteiger partial charge is 0.252 e. The molecule has 0 fully saturated rings. The SMILES string of the molecule is Cc1ccc([S@@](=O)Cc2ccc(-n3cccn3)cc2)nc1. The quantitative estimate of drug-likeness (QED) is 0.744. The standard InChI is InChI=1S/C16H15N3OS/c1-13-3-8-16(17-11-13)21(20)12-14-4-6-15(7-5-14)19-10-2-9-18-19/h2-11H,12H2,1H3/t21-/m0/s1. The van der Waals surface area contributed by atoms with Gasteiger partial charge in [-0.1, -0.05) is 18.2 Å². The third-order valence-corrected chi connectivity index (χ3v) is 4.42. The summed E-state index contributed by atoms with van der Waals surface area (Å²) >= 11 is 0. The molecule has 1 aromatic carbocycles. The topological polar surface area (TPSA) is 47.8 Å². The summed E-state index contributed by atoms with van der Waals surface area (Å²) in [6, 6.07) is 13.5. The van der Waals surface area contributed by atoms with Crippen LogP contribution in [0, 0.1) is 6.92 Å². The van der Waals surface area contributed by atoms with Gasteiger partial charge < -0.3 is 0 Å². The van der Waals surface area contributed by atoms with E-state index in [4.69, 9.17) is 0 Å². The fourth-order valence-electron chi connectivity index (χ4n) is 1.98. The summed E-state index contributed by atoms with van der Waals surface area (Å²) in [4.78, 5) is 4.22. The lowest BCUT2D eigenvalue weighted by atomic mass is 10.2. The van der Waals surface area contributed by atoms with E-state index < -0.39 is 10.8 Å². The van der Waals surface area contributed by atoms with Gasteiger partial charge in [-0.2, -0.15) is 5.10 Å². The van der Waals surface area contributed by atoms with Gasteiger partial charge in [-0.05, 0) is 42.3 Å². The summed E-state index contributed by atoms with van der Waals surface area (Å²) in [5.41, 5.74) is 3.08. The Hall–Kier alpha value is -2.27. The summed E-state index contributed by atoms with van der Waals surface area (Å²) in [6.07, 6.45) is 5.38. The van der Waals surface area contributed by atoms with Gasteiger partial charge >= 0.3 is 0 Å². The third kappa shape index (κ3) is 3.25. The molecule has 0 aliphatic heterocycles. The second kappa shape index (κ2) is 6.01. The molecule has 3 rings (SSSR count). The first-order chi connectivity index (χ1) is 10.2. The van der Waals surface area contributed by atoms with Crippen LogP contribution in [0.5, 0.6) is 0 Å². The van der Waals surface area contributed by atoms with Crippen molar-refractivity contribution in [3.8, 4) is 5.69 Å². The molecular formula is C16H15N3OS. The number of aromatic nitrogens is 3. The molecule has 0 N–H and O–H groups in total. The number of pyridine rings is 1. The van der Waals surface area contributed by atoms with Gasteiger partial charge in [-0.3, -0.25) is 4.21 Å². The molecule has 2 aromatic heterocycles. The van der Waals surface area contributed by atoms with Crippen LogP contribution in [0.15, 0.2) is 66.1 Å². The molecule has 0 bridgehead atoms. The predicted octanol–water partition coefficient (Wildman–Crippen LogP) is 2.88. The van der Waals surface area contributed by atoms with E-state index in [9.17, 15) is 4.21 Å². The lowest BCUT2D eigenvalue weighted by Crippen LogP contribution is -2.00. The highest BCUT2D eigenvalue weighted by Crippen LogP contribution is 2.13. The van der Waals surface area contributed by atoms with Crippen molar-refractivity contribution in [2.24, 2.45) is 0 Å². The van der Waals surface area contributed by atoms with Gasteiger partial charge in [0, 0.05) is 18.6 Å². The average Bonchev–Trinajstić information content (AvgIpc) is 3.03. The molecule has 0 radical (unpaired) electrons. The molecule has 0 saturated carbocycles. The normalized spacial score (nSPS) is 12.2. The first-order valence-electron chi connectivity index (χ1n) is 6.62. The van der Waals surface area contributed by atoms with E-state index in [2.05, 4.69) is 10.1 Å². The van der Waals surface area contributed by atoms with E-state index >= 15 is 0 Å². The highest BCUT2D eigenvalue weighted by atomic mass is 32.2. The van der Waals surface area contributed by atoms with Gasteiger partial charge in [0.25, 0.3) is 0 Å². The van der Waals surface area contributed by atoms with E-state index in [1.807, 2.05) is 55.6 Å². The second-order valence-corrected chi connectivity index (χ2v) is 6.18. The van der Waals surface area contributed by atoms with Crippen LogP contribution in [0.2, 0.25) is 0 Å². The number of hydrogen-bond acceptors (Lipinski definition) is 3. The van der Waals surface area contributed by atoms with Gasteiger partial charge in [0.15, 0.2) is 0 Å². The molecule has 4 nitrogen and oxygen atoms in total. The Morgan fingerprint density at radius 2 is 1.95 bits per heavy atom. The van der Waals surface area contributed by atoms with E-state index in [1.54, 1.807) is 17.1 Å². The number of aryl methyl sites for hydroxylation is 1. The van der Waals surface area contributed by atoms with Gasteiger partial charge in [-0.25, -0.2) is 9.67 Å². The smallest absolute Gasteiger partial charge is 0.127 e. The Labute approximate surface area is 125 Å². The Morgan fingerprint density at radius 3 is 2.57 bits per heavy atom. The second-order valence-electron chi connectivity index (χ2n) is 4.78. The van der Waals surface area contributed by atoms with E-state index in [1.165, 1.54) is 0 Å². The maximum Gasteiger partial charge on any atom is 0.127 e. The van der Waals surface area contributed by atoms with Crippen molar-refractivity contribution in [2.75, 3.05) is 0 Å². The lowest BCUT2D eigenvalue weighted by molar-refractivity contribution is 0.679. The van der Waals surface area contributed by atoms with Crippen molar-refractivity contribution in [1.29, 1.82) is 0 Å². The minimum Gasteiger partial charge on any atom is -0.252 e. The molecule has 21 heavy (non-hydrogen) atoms. The van der Waals surface area contributed by atoms with Crippen LogP contribution >= 0.6 is 0 Å². The van der Waals surface area contributed by atoms with Crippen molar-refractivity contribution in [3.05, 3.63) is 72.2 Å². The van der Waals surface area contributed by atoms with Crippen molar-refractivity contribution >= 4 is 10.8 Å². The van der Waals surface area contributed by atoms with Gasteiger partial charge in [-0.15, -0.1) is 0 Å². The van der Waals surface area contributed by atoms with E-state index in [-0.39, 0.29) is 0 Å². The molecule has 5 heteroatoms. The number of hydrogen-bond donors (Lipinski definition) is 0. The van der Waals surface area contributed by atoms with Crippen molar-refractivity contribution in [2.45, 2.75) is 17.7 Å². The highest BCUT2D eigenvalue weighted by Gasteiger charge is 2.06. The predicted molar refractivity (Wildman–Crippen MR) is 82.7 cm³/mol. The fourth-order valence-corrected chi connectivity index (χ4v) is 3.01. The maximum absolute atomic E-state index is 12.3. The summed E-state index contributed by atoms with van der Waals surface area (Å²) < 4.78 is 14.1. The zero-order valence-corrected chi connectivity index (χ0v) is 12.5. The maximum atomic E-state index is 12.3. The first kappa shape index (κ1) is 13.7. The summed E-state index contributed by atoms with van der Waals surface area (Å²) in [6.45, 7) is 1.97. The monoisotopic (exact) mass is 297 g/mol. The van der Waals surface area contributed by atoms with Crippen LogP contribution in [0.25, 0.3) is 5.69 Å². The molecule has 2 heterocycles. The molecule has 1 atom stereocenters. The van der Waals surface area contributed by atoms with Gasteiger partial charge in [0.2, 0.25) is 0 Å². The summed E-state index contributed by atoms with van der Waals surface area (Å²) in [5.74, 6) is 0.468. The number of benzene rings is 1. The average molecular weight is 297 g/mol. The van der Waals surface area contributed by atoms with Crippen LogP contribution in [0.1, 0.15) is 11.1 Å². The summed E-state index contributed by atoms with van der Waals surface area (Å²) in [5, 5.41) is 4.80. The summed E-state index contributed by atoms with van der Waals surface area (Å²) in [7, 11) is -1.12. The van der Waals surface area contributed by atoms with E-state index in [0.717, 1.165) is 16.8 Å². The molecule has 0 unspecified atom stereocenters. The van der Waals surface area contributed by atoms with E-state index in [0.29, 0.717) is 10.8 Å². The first-order valence-corrected chi connectivity index (χ1v) is 7.94. The van der Waals surface area contributed by atoms with Crippen LogP contribution in [-0.2, 0) is 16.6 Å². The zero-order valence-electron chi connectivity index (χ0n) is 11.6. The highest BCUT2D eigenvalue weighted by molar-refractivity contribution is 7.84. The van der Waals surface area contributed by atoms with Gasteiger partial charge in [0.05, 0.1) is 22.2 Å². The molecule has 0 aliphatic rings. The molecule has 0 spiro atoms. The number of rotatable bonds is 4. The molecule has 0 amide bonds. The molecule has 106 valence electrons. The van der Waals surface area contributed by atoms with Crippen LogP contribution in [-0.4, -0.2) is 19.0 Å². The fraction of sp³-hybridized carbons (Fsp3) is 0.125. The molecule has 0 aliphatic carbocycles. The van der Waals surface area contributed by atoms with Gasteiger partial charge in [0.1, 0.15) is 5.03 Å². The van der Waals surface area contributed by atoms with Crippen molar-refractivity contribution in [1.82, 2.24) is 14.8 Å². The minimum atomic E-state index is -1.12. The third-order valence-electron chi connectivity index (χ3n) is 3.12.